The number of fused-ring (bicyclic) bond motifs is 5. The number of benzene rings is 2. The van der Waals surface area contributed by atoms with Crippen LogP contribution in [0.3, 0.4) is 0 Å². The first-order valence-electron chi connectivity index (χ1n) is 10.3. The van der Waals surface area contributed by atoms with Crippen LogP contribution in [0, 0.1) is 0 Å². The molecule has 2 aromatic rings. The minimum absolute atomic E-state index is 0.298. The van der Waals surface area contributed by atoms with Crippen molar-refractivity contribution in [1.29, 1.82) is 0 Å². The van der Waals surface area contributed by atoms with Gasteiger partial charge in [0.2, 0.25) is 0 Å². The van der Waals surface area contributed by atoms with Gasteiger partial charge in [-0.3, -0.25) is 4.84 Å². The zero-order valence-corrected chi connectivity index (χ0v) is 16.7. The summed E-state index contributed by atoms with van der Waals surface area (Å²) in [5.41, 5.74) is 5.51. The molecule has 7 nitrogen and oxygen atoms in total. The average molecular weight is 410 g/mol. The standard InChI is InChI=1S/C21H24N2O.C2H2O4/c1-3-9-19-16(7-1)13-17-8-2-4-10-20(17)23-21(19)14-18(24-23)15-22-11-5-6-12-22;3-1(4)2(5)6/h1-4,7-10,18,21H,5-6,11-15H2;(H,3,4)(H,5,6)/t18-,21-;/m1./s1. The minimum Gasteiger partial charge on any atom is -0.473 e. The molecule has 2 aromatic carbocycles. The van der Waals surface area contributed by atoms with Crippen LogP contribution < -0.4 is 5.06 Å². The van der Waals surface area contributed by atoms with E-state index in [-0.39, 0.29) is 0 Å². The Morgan fingerprint density at radius 3 is 2.27 bits per heavy atom. The van der Waals surface area contributed by atoms with Crippen molar-refractivity contribution < 1.29 is 24.6 Å². The number of carbonyl (C=O) groups is 2. The number of aliphatic carboxylic acids is 2. The number of para-hydroxylation sites is 1. The second kappa shape index (κ2) is 8.85. The van der Waals surface area contributed by atoms with Crippen LogP contribution in [0.1, 0.15) is 42.0 Å². The van der Waals surface area contributed by atoms with Crippen molar-refractivity contribution in [1.82, 2.24) is 4.90 Å². The number of carboxylic acids is 2. The lowest BCUT2D eigenvalue weighted by molar-refractivity contribution is -0.159. The number of carboxylic acid groups (broad SMARTS) is 2. The summed E-state index contributed by atoms with van der Waals surface area (Å²) < 4.78 is 0. The van der Waals surface area contributed by atoms with Gasteiger partial charge in [-0.15, -0.1) is 0 Å². The minimum atomic E-state index is -1.82. The van der Waals surface area contributed by atoms with Gasteiger partial charge in [-0.2, -0.15) is 0 Å². The van der Waals surface area contributed by atoms with Gasteiger partial charge < -0.3 is 15.1 Å². The number of hydrogen-bond donors (Lipinski definition) is 2. The molecule has 2 atom stereocenters. The summed E-state index contributed by atoms with van der Waals surface area (Å²) in [6.45, 7) is 3.53. The molecule has 0 bridgehead atoms. The number of nitrogens with zero attached hydrogens (tertiary/aromatic N) is 2. The Morgan fingerprint density at radius 2 is 1.57 bits per heavy atom. The molecule has 7 heteroatoms. The summed E-state index contributed by atoms with van der Waals surface area (Å²) >= 11 is 0. The third-order valence-corrected chi connectivity index (χ3v) is 5.90. The highest BCUT2D eigenvalue weighted by Crippen LogP contribution is 2.44. The van der Waals surface area contributed by atoms with E-state index < -0.39 is 11.9 Å². The highest BCUT2D eigenvalue weighted by Gasteiger charge is 2.39. The number of likely N-dealkylation sites (tertiary alicyclic amines) is 1. The van der Waals surface area contributed by atoms with Gasteiger partial charge in [0.1, 0.15) is 6.10 Å². The van der Waals surface area contributed by atoms with E-state index in [1.807, 2.05) is 0 Å². The van der Waals surface area contributed by atoms with E-state index in [9.17, 15) is 0 Å². The smallest absolute Gasteiger partial charge is 0.414 e. The molecule has 3 aliphatic heterocycles. The average Bonchev–Trinajstić information content (AvgIpc) is 3.37. The van der Waals surface area contributed by atoms with Gasteiger partial charge >= 0.3 is 11.9 Å². The van der Waals surface area contributed by atoms with E-state index in [1.54, 1.807) is 0 Å². The SMILES string of the molecule is O=C(O)C(=O)O.c1ccc2c(c1)Cc1ccccc1N1O[C@@H](CN3CCCC3)C[C@H]21. The number of hydroxylamine groups is 1. The van der Waals surface area contributed by atoms with Gasteiger partial charge in [0.15, 0.2) is 0 Å². The molecule has 5 rings (SSSR count). The monoisotopic (exact) mass is 410 g/mol. The molecule has 2 N–H and O–H groups in total. The van der Waals surface area contributed by atoms with E-state index in [4.69, 9.17) is 24.6 Å². The highest BCUT2D eigenvalue weighted by molar-refractivity contribution is 6.27. The molecule has 3 heterocycles. The van der Waals surface area contributed by atoms with Gasteiger partial charge in [-0.25, -0.2) is 14.7 Å². The van der Waals surface area contributed by atoms with Crippen LogP contribution in [-0.2, 0) is 20.8 Å². The van der Waals surface area contributed by atoms with E-state index >= 15 is 0 Å². The third-order valence-electron chi connectivity index (χ3n) is 5.90. The predicted octanol–water partition coefficient (Wildman–Crippen LogP) is 3.09. The maximum absolute atomic E-state index is 9.10. The van der Waals surface area contributed by atoms with E-state index in [2.05, 4.69) is 58.5 Å². The van der Waals surface area contributed by atoms with E-state index in [0.29, 0.717) is 12.1 Å². The van der Waals surface area contributed by atoms with Crippen molar-refractivity contribution in [3.05, 3.63) is 65.2 Å². The van der Waals surface area contributed by atoms with Gasteiger partial charge in [0.05, 0.1) is 11.7 Å². The maximum atomic E-state index is 9.10. The molecule has 0 aromatic heterocycles. The predicted molar refractivity (Wildman–Crippen MR) is 111 cm³/mol. The van der Waals surface area contributed by atoms with Crippen molar-refractivity contribution in [3.63, 3.8) is 0 Å². The van der Waals surface area contributed by atoms with Crippen molar-refractivity contribution >= 4 is 17.6 Å². The van der Waals surface area contributed by atoms with Gasteiger partial charge in [0.25, 0.3) is 0 Å². The second-order valence-electron chi connectivity index (χ2n) is 7.93. The normalized spacial score (nSPS) is 22.2. The molecule has 0 saturated carbocycles. The molecule has 2 fully saturated rings. The zero-order valence-electron chi connectivity index (χ0n) is 16.7. The van der Waals surface area contributed by atoms with Gasteiger partial charge in [0, 0.05) is 13.0 Å². The first-order chi connectivity index (χ1) is 14.5. The summed E-state index contributed by atoms with van der Waals surface area (Å²) in [5, 5.41) is 17.0. The van der Waals surface area contributed by atoms with Crippen LogP contribution in [-0.4, -0.2) is 52.8 Å². The van der Waals surface area contributed by atoms with Crippen LogP contribution in [0.25, 0.3) is 0 Å². The van der Waals surface area contributed by atoms with Crippen molar-refractivity contribution in [2.45, 2.75) is 37.8 Å². The third kappa shape index (κ3) is 4.32. The summed E-state index contributed by atoms with van der Waals surface area (Å²) in [5.74, 6) is -3.65. The van der Waals surface area contributed by atoms with E-state index in [1.165, 1.54) is 48.3 Å². The van der Waals surface area contributed by atoms with Crippen LogP contribution in [0.15, 0.2) is 48.5 Å². The van der Waals surface area contributed by atoms with Crippen molar-refractivity contribution in [3.8, 4) is 0 Å². The highest BCUT2D eigenvalue weighted by atomic mass is 16.7. The maximum Gasteiger partial charge on any atom is 0.414 e. The Kier molecular flexibility index (Phi) is 6.01. The number of rotatable bonds is 2. The van der Waals surface area contributed by atoms with Gasteiger partial charge in [-0.1, -0.05) is 42.5 Å². The summed E-state index contributed by atoms with van der Waals surface area (Å²) in [6.07, 6.45) is 5.06. The number of hydrogen-bond acceptors (Lipinski definition) is 5. The lowest BCUT2D eigenvalue weighted by Gasteiger charge is -2.25. The summed E-state index contributed by atoms with van der Waals surface area (Å²) in [4.78, 5) is 27.2. The molecule has 2 saturated heterocycles. The topological polar surface area (TPSA) is 90.3 Å². The molecule has 0 spiro atoms. The zero-order chi connectivity index (χ0) is 21.1. The van der Waals surface area contributed by atoms with E-state index in [0.717, 1.165) is 19.4 Å². The molecule has 0 amide bonds. The fraction of sp³-hybridized carbons (Fsp3) is 0.391. The van der Waals surface area contributed by atoms with Crippen LogP contribution >= 0.6 is 0 Å². The first kappa shape index (κ1) is 20.4. The Bertz CT molecular complexity index is 860. The van der Waals surface area contributed by atoms with Crippen molar-refractivity contribution in [2.24, 2.45) is 0 Å². The summed E-state index contributed by atoms with van der Waals surface area (Å²) in [7, 11) is 0. The molecular formula is C23H26N2O5. The Labute approximate surface area is 175 Å². The molecule has 0 radical (unpaired) electrons. The first-order valence-corrected chi connectivity index (χ1v) is 10.3. The second-order valence-corrected chi connectivity index (χ2v) is 7.93. The lowest BCUT2D eigenvalue weighted by atomic mass is 9.95. The largest absolute Gasteiger partial charge is 0.473 e. The molecule has 3 aliphatic rings. The fourth-order valence-electron chi connectivity index (χ4n) is 4.56. The Hall–Kier alpha value is -2.90. The number of anilines is 1. The van der Waals surface area contributed by atoms with Crippen LogP contribution in [0.2, 0.25) is 0 Å². The molecule has 0 aliphatic carbocycles. The van der Waals surface area contributed by atoms with Crippen LogP contribution in [0.4, 0.5) is 5.69 Å². The van der Waals surface area contributed by atoms with Gasteiger partial charge in [-0.05, 0) is 55.1 Å². The summed E-state index contributed by atoms with van der Waals surface area (Å²) in [6, 6.07) is 18.0. The molecule has 0 unspecified atom stereocenters. The Morgan fingerprint density at radius 1 is 0.933 bits per heavy atom. The fourth-order valence-corrected chi connectivity index (χ4v) is 4.56. The quantitative estimate of drug-likeness (QED) is 0.735. The molecule has 158 valence electrons. The Balaban J connectivity index is 0.000000322. The lowest BCUT2D eigenvalue weighted by Crippen LogP contribution is -2.31. The van der Waals surface area contributed by atoms with Crippen LogP contribution in [0.5, 0.6) is 0 Å². The molecule has 30 heavy (non-hydrogen) atoms. The van der Waals surface area contributed by atoms with Crippen molar-refractivity contribution in [2.75, 3.05) is 24.7 Å². The molecular weight excluding hydrogens is 384 g/mol.